The van der Waals surface area contributed by atoms with E-state index in [1.165, 1.54) is 6.26 Å². The summed E-state index contributed by atoms with van der Waals surface area (Å²) in [5, 5.41) is 0. The summed E-state index contributed by atoms with van der Waals surface area (Å²) in [4.78, 5) is 14.0. The van der Waals surface area contributed by atoms with Gasteiger partial charge in [-0.2, -0.15) is 0 Å². The summed E-state index contributed by atoms with van der Waals surface area (Å²) in [7, 11) is 0. The molecule has 1 heterocycles. The van der Waals surface area contributed by atoms with Gasteiger partial charge in [0.05, 0.1) is 17.1 Å². The summed E-state index contributed by atoms with van der Waals surface area (Å²) in [5.74, 6) is 0.599. The minimum Gasteiger partial charge on any atom is -0.469 e. The molecule has 0 atom stereocenters. The first kappa shape index (κ1) is 12.7. The molecule has 0 aromatic carbocycles. The van der Waals surface area contributed by atoms with E-state index in [0.717, 1.165) is 0 Å². The molecule has 0 unspecified atom stereocenters. The Morgan fingerprint density at radius 3 is 2.62 bits per heavy atom. The Kier molecular flexibility index (Phi) is 4.06. The Morgan fingerprint density at radius 2 is 2.25 bits per heavy atom. The fraction of sp³-hybridized carbons (Fsp3) is 0.455. The predicted molar refractivity (Wildman–Crippen MR) is 66.4 cm³/mol. The van der Waals surface area contributed by atoms with Crippen molar-refractivity contribution in [2.45, 2.75) is 26.8 Å². The fourth-order valence-corrected chi connectivity index (χ4v) is 1.52. The van der Waals surface area contributed by atoms with E-state index < -0.39 is 0 Å². The van der Waals surface area contributed by atoms with Gasteiger partial charge in [-0.1, -0.05) is 12.2 Å². The monoisotopic (exact) mass is 240 g/mol. The third-order valence-corrected chi connectivity index (χ3v) is 2.32. The van der Waals surface area contributed by atoms with E-state index in [1.807, 2.05) is 13.8 Å². The predicted octanol–water partition coefficient (Wildman–Crippen LogP) is 1.72. The van der Waals surface area contributed by atoms with Crippen molar-refractivity contribution in [3.05, 3.63) is 23.7 Å². The van der Waals surface area contributed by atoms with Crippen LogP contribution in [0.15, 0.2) is 16.7 Å². The van der Waals surface area contributed by atoms with Gasteiger partial charge in [0.1, 0.15) is 12.0 Å². The molecule has 0 spiro atoms. The Balaban J connectivity index is 2.87. The zero-order chi connectivity index (χ0) is 12.3. The number of carbonyl (C=O) groups excluding carboxylic acids is 1. The number of rotatable bonds is 4. The first-order valence-electron chi connectivity index (χ1n) is 5.06. The van der Waals surface area contributed by atoms with Crippen LogP contribution in [0.3, 0.4) is 0 Å². The molecule has 0 aliphatic heterocycles. The second-order valence-corrected chi connectivity index (χ2v) is 4.46. The topological polar surface area (TPSA) is 59.5 Å². The van der Waals surface area contributed by atoms with Crippen LogP contribution in [0.2, 0.25) is 0 Å². The smallest absolute Gasteiger partial charge is 0.257 e. The highest BCUT2D eigenvalue weighted by atomic mass is 32.1. The van der Waals surface area contributed by atoms with E-state index in [0.29, 0.717) is 16.3 Å². The van der Waals surface area contributed by atoms with Crippen LogP contribution in [0.25, 0.3) is 0 Å². The molecule has 2 N–H and O–H groups in total. The second kappa shape index (κ2) is 5.12. The summed E-state index contributed by atoms with van der Waals surface area (Å²) >= 11 is 4.83. The largest absolute Gasteiger partial charge is 0.469 e. The molecule has 1 aromatic heterocycles. The van der Waals surface area contributed by atoms with E-state index in [4.69, 9.17) is 22.4 Å². The molecule has 1 amide bonds. The Hall–Kier alpha value is -1.36. The Labute approximate surface area is 100 Å². The maximum Gasteiger partial charge on any atom is 0.257 e. The molecular formula is C11H16N2O2S. The Bertz CT molecular complexity index is 398. The standard InChI is InChI=1S/C11H16N2O2S/c1-7(2)13(5-10(12)16)11(14)9-4-8(3)15-6-9/h4,6-7H,5H2,1-3H3,(H2,12,16). The molecule has 0 fully saturated rings. The van der Waals surface area contributed by atoms with Crippen molar-refractivity contribution < 1.29 is 9.21 Å². The van der Waals surface area contributed by atoms with Crippen LogP contribution in [-0.2, 0) is 0 Å². The normalized spacial score (nSPS) is 10.5. The minimum absolute atomic E-state index is 0.0456. The van der Waals surface area contributed by atoms with Crippen molar-refractivity contribution >= 4 is 23.1 Å². The second-order valence-electron chi connectivity index (χ2n) is 3.94. The van der Waals surface area contributed by atoms with Crippen molar-refractivity contribution in [1.82, 2.24) is 4.90 Å². The summed E-state index contributed by atoms with van der Waals surface area (Å²) in [5.41, 5.74) is 6.00. The molecule has 88 valence electrons. The number of furan rings is 1. The highest BCUT2D eigenvalue weighted by Gasteiger charge is 2.20. The van der Waals surface area contributed by atoms with Crippen LogP contribution < -0.4 is 5.73 Å². The first-order valence-corrected chi connectivity index (χ1v) is 5.47. The Morgan fingerprint density at radius 1 is 1.62 bits per heavy atom. The van der Waals surface area contributed by atoms with Crippen molar-refractivity contribution in [1.29, 1.82) is 0 Å². The molecule has 0 aliphatic carbocycles. The molecule has 1 rings (SSSR count). The maximum absolute atomic E-state index is 12.1. The zero-order valence-electron chi connectivity index (χ0n) is 9.69. The number of carbonyl (C=O) groups is 1. The molecule has 0 aliphatic rings. The third-order valence-electron chi connectivity index (χ3n) is 2.19. The van der Waals surface area contributed by atoms with Gasteiger partial charge in [0.2, 0.25) is 0 Å². The number of amides is 1. The van der Waals surface area contributed by atoms with Crippen molar-refractivity contribution in [2.24, 2.45) is 5.73 Å². The van der Waals surface area contributed by atoms with Crippen LogP contribution in [0, 0.1) is 6.92 Å². The van der Waals surface area contributed by atoms with Crippen molar-refractivity contribution in [2.75, 3.05) is 6.54 Å². The lowest BCUT2D eigenvalue weighted by molar-refractivity contribution is 0.0735. The van der Waals surface area contributed by atoms with Gasteiger partial charge in [-0.15, -0.1) is 0 Å². The van der Waals surface area contributed by atoms with Crippen LogP contribution in [0.1, 0.15) is 30.0 Å². The van der Waals surface area contributed by atoms with Crippen LogP contribution in [0.5, 0.6) is 0 Å². The first-order chi connectivity index (χ1) is 7.41. The van der Waals surface area contributed by atoms with Crippen LogP contribution >= 0.6 is 12.2 Å². The van der Waals surface area contributed by atoms with Gasteiger partial charge in [-0.25, -0.2) is 0 Å². The van der Waals surface area contributed by atoms with Gasteiger partial charge in [0, 0.05) is 6.04 Å². The van der Waals surface area contributed by atoms with E-state index in [1.54, 1.807) is 17.9 Å². The molecule has 4 nitrogen and oxygen atoms in total. The molecule has 0 radical (unpaired) electrons. The number of nitrogens with two attached hydrogens (primary N) is 1. The number of thiocarbonyl (C=S) groups is 1. The van der Waals surface area contributed by atoms with E-state index in [-0.39, 0.29) is 18.5 Å². The van der Waals surface area contributed by atoms with Crippen LogP contribution in [0.4, 0.5) is 0 Å². The quantitative estimate of drug-likeness (QED) is 0.814. The van der Waals surface area contributed by atoms with E-state index >= 15 is 0 Å². The molecule has 1 aromatic rings. The molecule has 16 heavy (non-hydrogen) atoms. The number of hydrogen-bond acceptors (Lipinski definition) is 3. The number of nitrogens with zero attached hydrogens (tertiary/aromatic N) is 1. The maximum atomic E-state index is 12.1. The number of hydrogen-bond donors (Lipinski definition) is 1. The minimum atomic E-state index is -0.111. The molecule has 0 saturated heterocycles. The van der Waals surface area contributed by atoms with Crippen molar-refractivity contribution in [3.63, 3.8) is 0 Å². The zero-order valence-corrected chi connectivity index (χ0v) is 10.5. The highest BCUT2D eigenvalue weighted by Crippen LogP contribution is 2.11. The average Bonchev–Trinajstić information content (AvgIpc) is 2.59. The molecule has 0 bridgehead atoms. The fourth-order valence-electron chi connectivity index (χ4n) is 1.38. The lowest BCUT2D eigenvalue weighted by Gasteiger charge is -2.25. The highest BCUT2D eigenvalue weighted by molar-refractivity contribution is 7.80. The van der Waals surface area contributed by atoms with Gasteiger partial charge in [0.25, 0.3) is 5.91 Å². The van der Waals surface area contributed by atoms with Gasteiger partial charge >= 0.3 is 0 Å². The lowest BCUT2D eigenvalue weighted by Crippen LogP contribution is -2.42. The van der Waals surface area contributed by atoms with Gasteiger partial charge in [-0.05, 0) is 26.8 Å². The van der Waals surface area contributed by atoms with Crippen molar-refractivity contribution in [3.8, 4) is 0 Å². The van der Waals surface area contributed by atoms with E-state index in [2.05, 4.69) is 0 Å². The number of aryl methyl sites for hydroxylation is 1. The molecular weight excluding hydrogens is 224 g/mol. The SMILES string of the molecule is Cc1cc(C(=O)N(CC(N)=S)C(C)C)co1. The third kappa shape index (κ3) is 3.06. The van der Waals surface area contributed by atoms with E-state index in [9.17, 15) is 4.79 Å². The summed E-state index contributed by atoms with van der Waals surface area (Å²) < 4.78 is 5.11. The van der Waals surface area contributed by atoms with Crippen LogP contribution in [-0.4, -0.2) is 28.4 Å². The summed E-state index contributed by atoms with van der Waals surface area (Å²) in [6.45, 7) is 5.92. The lowest BCUT2D eigenvalue weighted by atomic mass is 10.2. The van der Waals surface area contributed by atoms with Gasteiger partial charge in [0.15, 0.2) is 0 Å². The van der Waals surface area contributed by atoms with Gasteiger partial charge < -0.3 is 15.1 Å². The molecule has 0 saturated carbocycles. The van der Waals surface area contributed by atoms with Gasteiger partial charge in [-0.3, -0.25) is 4.79 Å². The molecule has 5 heteroatoms. The summed E-state index contributed by atoms with van der Waals surface area (Å²) in [6, 6.07) is 1.75. The average molecular weight is 240 g/mol. The summed E-state index contributed by atoms with van der Waals surface area (Å²) in [6.07, 6.45) is 1.45.